The van der Waals surface area contributed by atoms with E-state index in [4.69, 9.17) is 23.2 Å². The van der Waals surface area contributed by atoms with Crippen molar-refractivity contribution in [3.63, 3.8) is 0 Å². The quantitative estimate of drug-likeness (QED) is 0.599. The molecule has 2 aromatic rings. The Morgan fingerprint density at radius 1 is 0.759 bits per heavy atom. The van der Waals surface area contributed by atoms with E-state index >= 15 is 0 Å². The SMILES string of the molecule is O=C(NCCc1ccc(Cl)cc1)[C@@H]1CNC[C@H]1C(=O)NCCc1ccc(Cl)cc1. The van der Waals surface area contributed by atoms with Crippen molar-refractivity contribution in [3.8, 4) is 0 Å². The Morgan fingerprint density at radius 3 is 1.52 bits per heavy atom. The predicted molar refractivity (Wildman–Crippen MR) is 116 cm³/mol. The van der Waals surface area contributed by atoms with Crippen molar-refractivity contribution < 1.29 is 9.59 Å². The highest BCUT2D eigenvalue weighted by atomic mass is 35.5. The van der Waals surface area contributed by atoms with Crippen LogP contribution in [-0.2, 0) is 22.4 Å². The van der Waals surface area contributed by atoms with E-state index in [0.29, 0.717) is 36.2 Å². The van der Waals surface area contributed by atoms with Gasteiger partial charge < -0.3 is 16.0 Å². The summed E-state index contributed by atoms with van der Waals surface area (Å²) < 4.78 is 0. The van der Waals surface area contributed by atoms with Gasteiger partial charge in [0.1, 0.15) is 0 Å². The molecule has 0 aromatic heterocycles. The summed E-state index contributed by atoms with van der Waals surface area (Å²) in [5.74, 6) is -0.866. The number of benzene rings is 2. The minimum Gasteiger partial charge on any atom is -0.355 e. The monoisotopic (exact) mass is 433 g/mol. The van der Waals surface area contributed by atoms with Gasteiger partial charge >= 0.3 is 0 Å². The number of hydrogen-bond acceptors (Lipinski definition) is 3. The van der Waals surface area contributed by atoms with E-state index in [-0.39, 0.29) is 23.7 Å². The lowest BCUT2D eigenvalue weighted by molar-refractivity contribution is -0.132. The van der Waals surface area contributed by atoms with Crippen LogP contribution in [0.15, 0.2) is 48.5 Å². The molecule has 1 heterocycles. The van der Waals surface area contributed by atoms with Gasteiger partial charge in [0, 0.05) is 36.2 Å². The Hall–Kier alpha value is -2.08. The molecule has 0 spiro atoms. The number of carbonyl (C=O) groups is 2. The zero-order chi connectivity index (χ0) is 20.6. The lowest BCUT2D eigenvalue weighted by atomic mass is 9.94. The average Bonchev–Trinajstić information content (AvgIpc) is 3.21. The van der Waals surface area contributed by atoms with Gasteiger partial charge in [0.2, 0.25) is 11.8 Å². The van der Waals surface area contributed by atoms with Crippen LogP contribution in [0.2, 0.25) is 10.0 Å². The number of hydrogen-bond donors (Lipinski definition) is 3. The standard InChI is InChI=1S/C22H25Cl2N3O2/c23-17-5-1-15(2-6-17)9-11-26-21(28)19-13-25-14-20(19)22(29)27-12-10-16-3-7-18(24)8-4-16/h1-8,19-20,25H,9-14H2,(H,26,28)(H,27,29)/t19-,20-/m1/s1. The highest BCUT2D eigenvalue weighted by molar-refractivity contribution is 6.30. The van der Waals surface area contributed by atoms with Crippen LogP contribution in [0.5, 0.6) is 0 Å². The Bertz CT molecular complexity index is 755. The molecule has 0 saturated carbocycles. The topological polar surface area (TPSA) is 70.2 Å². The molecule has 2 aromatic carbocycles. The lowest BCUT2D eigenvalue weighted by Crippen LogP contribution is -2.42. The van der Waals surface area contributed by atoms with Gasteiger partial charge in [-0.25, -0.2) is 0 Å². The van der Waals surface area contributed by atoms with Crippen LogP contribution >= 0.6 is 23.2 Å². The first-order valence-corrected chi connectivity index (χ1v) is 10.5. The van der Waals surface area contributed by atoms with Gasteiger partial charge in [-0.15, -0.1) is 0 Å². The fraction of sp³-hybridized carbons (Fsp3) is 0.364. The van der Waals surface area contributed by atoms with Crippen molar-refractivity contribution >= 4 is 35.0 Å². The molecular weight excluding hydrogens is 409 g/mol. The minimum absolute atomic E-state index is 0.0817. The molecule has 3 N–H and O–H groups in total. The number of rotatable bonds is 8. The van der Waals surface area contributed by atoms with Gasteiger partial charge in [-0.05, 0) is 48.2 Å². The summed E-state index contributed by atoms with van der Waals surface area (Å²) in [6.07, 6.45) is 1.45. The van der Waals surface area contributed by atoms with E-state index in [0.717, 1.165) is 24.0 Å². The molecule has 29 heavy (non-hydrogen) atoms. The van der Waals surface area contributed by atoms with Crippen molar-refractivity contribution in [1.29, 1.82) is 0 Å². The second-order valence-electron chi connectivity index (χ2n) is 7.21. The minimum atomic E-state index is -0.351. The van der Waals surface area contributed by atoms with Crippen LogP contribution in [0.3, 0.4) is 0 Å². The predicted octanol–water partition coefficient (Wildman–Crippen LogP) is 2.85. The van der Waals surface area contributed by atoms with Gasteiger partial charge in [-0.2, -0.15) is 0 Å². The molecule has 2 atom stereocenters. The first-order chi connectivity index (χ1) is 14.0. The Kier molecular flexibility index (Phi) is 7.92. The summed E-state index contributed by atoms with van der Waals surface area (Å²) in [5.41, 5.74) is 2.21. The molecule has 0 bridgehead atoms. The van der Waals surface area contributed by atoms with E-state index in [9.17, 15) is 9.59 Å². The van der Waals surface area contributed by atoms with Gasteiger partial charge in [-0.3, -0.25) is 9.59 Å². The second-order valence-corrected chi connectivity index (χ2v) is 8.08. The summed E-state index contributed by atoms with van der Waals surface area (Å²) in [4.78, 5) is 25.1. The normalized spacial score (nSPS) is 18.4. The molecule has 1 aliphatic heterocycles. The maximum Gasteiger partial charge on any atom is 0.225 e. The zero-order valence-corrected chi connectivity index (χ0v) is 17.6. The molecular formula is C22H25Cl2N3O2. The second kappa shape index (κ2) is 10.6. The van der Waals surface area contributed by atoms with Crippen molar-refractivity contribution in [2.24, 2.45) is 11.8 Å². The molecule has 1 saturated heterocycles. The van der Waals surface area contributed by atoms with Crippen molar-refractivity contribution in [3.05, 3.63) is 69.7 Å². The first-order valence-electron chi connectivity index (χ1n) is 9.78. The van der Waals surface area contributed by atoms with Crippen molar-refractivity contribution in [2.45, 2.75) is 12.8 Å². The van der Waals surface area contributed by atoms with E-state index in [1.807, 2.05) is 48.5 Å². The first kappa shape index (κ1) is 21.6. The number of carbonyl (C=O) groups excluding carboxylic acids is 2. The van der Waals surface area contributed by atoms with Crippen LogP contribution in [0.25, 0.3) is 0 Å². The summed E-state index contributed by atoms with van der Waals surface area (Å²) >= 11 is 11.8. The molecule has 1 aliphatic rings. The van der Waals surface area contributed by atoms with Gasteiger partial charge in [-0.1, -0.05) is 47.5 Å². The fourth-order valence-corrected chi connectivity index (χ4v) is 3.71. The lowest BCUT2D eigenvalue weighted by Gasteiger charge is -2.18. The fourth-order valence-electron chi connectivity index (χ4n) is 3.45. The highest BCUT2D eigenvalue weighted by Gasteiger charge is 2.37. The van der Waals surface area contributed by atoms with Crippen LogP contribution < -0.4 is 16.0 Å². The summed E-state index contributed by atoms with van der Waals surface area (Å²) in [7, 11) is 0. The Labute approximate surface area is 181 Å². The molecule has 0 aliphatic carbocycles. The van der Waals surface area contributed by atoms with Crippen molar-refractivity contribution in [1.82, 2.24) is 16.0 Å². The Morgan fingerprint density at radius 2 is 1.14 bits per heavy atom. The third-order valence-electron chi connectivity index (χ3n) is 5.14. The van der Waals surface area contributed by atoms with Crippen molar-refractivity contribution in [2.75, 3.05) is 26.2 Å². The van der Waals surface area contributed by atoms with E-state index in [2.05, 4.69) is 16.0 Å². The molecule has 3 rings (SSSR count). The zero-order valence-electron chi connectivity index (χ0n) is 16.1. The van der Waals surface area contributed by atoms with Gasteiger partial charge in [0.05, 0.1) is 11.8 Å². The number of nitrogens with one attached hydrogen (secondary N) is 3. The number of halogens is 2. The molecule has 0 radical (unpaired) electrons. The van der Waals surface area contributed by atoms with Crippen LogP contribution in [0.4, 0.5) is 0 Å². The van der Waals surface area contributed by atoms with Gasteiger partial charge in [0.25, 0.3) is 0 Å². The van der Waals surface area contributed by atoms with E-state index in [1.54, 1.807) is 0 Å². The van der Waals surface area contributed by atoms with Crippen LogP contribution in [0, 0.1) is 11.8 Å². The van der Waals surface area contributed by atoms with Crippen LogP contribution in [-0.4, -0.2) is 38.0 Å². The smallest absolute Gasteiger partial charge is 0.225 e. The van der Waals surface area contributed by atoms with E-state index < -0.39 is 0 Å². The number of amides is 2. The maximum absolute atomic E-state index is 12.6. The molecule has 154 valence electrons. The molecule has 2 amide bonds. The average molecular weight is 434 g/mol. The highest BCUT2D eigenvalue weighted by Crippen LogP contribution is 2.18. The summed E-state index contributed by atoms with van der Waals surface area (Å²) in [5, 5.41) is 10.5. The van der Waals surface area contributed by atoms with E-state index in [1.165, 1.54) is 0 Å². The largest absolute Gasteiger partial charge is 0.355 e. The molecule has 7 heteroatoms. The molecule has 0 unspecified atom stereocenters. The summed E-state index contributed by atoms with van der Waals surface area (Å²) in [6.45, 7) is 2.09. The molecule has 5 nitrogen and oxygen atoms in total. The third kappa shape index (κ3) is 6.46. The molecule has 1 fully saturated rings. The summed E-state index contributed by atoms with van der Waals surface area (Å²) in [6, 6.07) is 15.1. The maximum atomic E-state index is 12.6. The van der Waals surface area contributed by atoms with Gasteiger partial charge in [0.15, 0.2) is 0 Å². The Balaban J connectivity index is 1.42. The third-order valence-corrected chi connectivity index (χ3v) is 5.64. The van der Waals surface area contributed by atoms with Crippen LogP contribution in [0.1, 0.15) is 11.1 Å².